The molecule has 0 N–H and O–H groups in total. The van der Waals surface area contributed by atoms with Gasteiger partial charge in [-0.05, 0) is 42.2 Å². The van der Waals surface area contributed by atoms with Crippen LogP contribution in [0.4, 0.5) is 0 Å². The van der Waals surface area contributed by atoms with E-state index in [0.717, 1.165) is 12.8 Å². The normalized spacial score (nSPS) is 10.8. The number of carboxylic acids is 1. The third kappa shape index (κ3) is 5.33. The lowest BCUT2D eigenvalue weighted by molar-refractivity contribution is -0.298. The molecule has 0 aromatic heterocycles. The van der Waals surface area contributed by atoms with Gasteiger partial charge >= 0.3 is 0 Å². The highest BCUT2D eigenvalue weighted by Gasteiger charge is 1.99. The number of ether oxygens (including phenoxy) is 1. The van der Waals surface area contributed by atoms with Gasteiger partial charge in [0, 0.05) is 0 Å². The lowest BCUT2D eigenvalue weighted by atomic mass is 10.1. The molecule has 4 nitrogen and oxygen atoms in total. The maximum Gasteiger partial charge on any atom is 0.119 e. The second-order valence-electron chi connectivity index (χ2n) is 4.96. The lowest BCUT2D eigenvalue weighted by Crippen LogP contribution is -2.23. The zero-order chi connectivity index (χ0) is 16.5. The summed E-state index contributed by atoms with van der Waals surface area (Å²) in [5.41, 5.74) is 1.49. The molecular weight excluding hydrogens is 290 g/mol. The molecule has 23 heavy (non-hydrogen) atoms. The zero-order valence-electron chi connectivity index (χ0n) is 12.6. The molecule has 0 fully saturated rings. The number of rotatable bonds is 7. The Bertz CT molecular complexity index is 713. The van der Waals surface area contributed by atoms with E-state index in [4.69, 9.17) is 10.00 Å². The Morgan fingerprint density at radius 3 is 2.43 bits per heavy atom. The van der Waals surface area contributed by atoms with Gasteiger partial charge in [-0.15, -0.1) is 0 Å². The number of aryl methyl sites for hydroxylation is 1. The summed E-state index contributed by atoms with van der Waals surface area (Å²) in [6, 6.07) is 18.7. The largest absolute Gasteiger partial charge is 0.544 e. The van der Waals surface area contributed by atoms with E-state index in [0.29, 0.717) is 17.9 Å². The summed E-state index contributed by atoms with van der Waals surface area (Å²) in [5, 5.41) is 19.4. The van der Waals surface area contributed by atoms with Gasteiger partial charge in [0.2, 0.25) is 0 Å². The van der Waals surface area contributed by atoms with E-state index in [2.05, 4.69) is 12.1 Å². The Morgan fingerprint density at radius 1 is 1.13 bits per heavy atom. The maximum absolute atomic E-state index is 10.7. The summed E-state index contributed by atoms with van der Waals surface area (Å²) in [5.74, 6) is -0.768. The molecule has 0 atom stereocenters. The van der Waals surface area contributed by atoms with Gasteiger partial charge in [-0.3, -0.25) is 0 Å². The molecule has 0 bridgehead atoms. The second kappa shape index (κ2) is 8.40. The van der Waals surface area contributed by atoms with Crippen LogP contribution in [0, 0.1) is 11.3 Å². The number of carbonyl (C=O) groups excluding carboxylic acids is 1. The number of carbonyl (C=O) groups is 1. The lowest BCUT2D eigenvalue weighted by Gasteiger charge is -2.07. The van der Waals surface area contributed by atoms with Crippen molar-refractivity contribution < 1.29 is 14.6 Å². The van der Waals surface area contributed by atoms with Crippen LogP contribution in [-0.4, -0.2) is 12.6 Å². The van der Waals surface area contributed by atoms with Crippen LogP contribution in [0.1, 0.15) is 17.5 Å². The highest BCUT2D eigenvalue weighted by Crippen LogP contribution is 2.15. The van der Waals surface area contributed by atoms with Crippen molar-refractivity contribution in [2.45, 2.75) is 12.8 Å². The first-order valence-electron chi connectivity index (χ1n) is 7.29. The summed E-state index contributed by atoms with van der Waals surface area (Å²) in [6.45, 7) is 0.604. The summed E-state index contributed by atoms with van der Waals surface area (Å²) in [4.78, 5) is 10.7. The molecule has 4 heteroatoms. The molecule has 0 radical (unpaired) electrons. The number of hydrogen-bond acceptors (Lipinski definition) is 4. The van der Waals surface area contributed by atoms with Crippen LogP contribution in [0.3, 0.4) is 0 Å². The number of carboxylic acid groups (broad SMARTS) is 1. The average Bonchev–Trinajstić information content (AvgIpc) is 2.58. The zero-order valence-corrected chi connectivity index (χ0v) is 12.6. The third-order valence-corrected chi connectivity index (χ3v) is 3.25. The molecule has 2 aromatic carbocycles. The molecule has 2 aromatic rings. The van der Waals surface area contributed by atoms with Crippen molar-refractivity contribution in [2.75, 3.05) is 6.61 Å². The first-order valence-corrected chi connectivity index (χ1v) is 7.29. The van der Waals surface area contributed by atoms with Crippen LogP contribution < -0.4 is 9.84 Å². The first kappa shape index (κ1) is 16.3. The minimum absolute atomic E-state index is 0.401. The average molecular weight is 306 g/mol. The summed E-state index contributed by atoms with van der Waals surface area (Å²) < 4.78 is 5.65. The number of nitrogens with zero attached hydrogens (tertiary/aromatic N) is 1. The molecule has 0 saturated heterocycles. The van der Waals surface area contributed by atoms with Crippen LogP contribution in [0.15, 0.2) is 60.2 Å². The Morgan fingerprint density at radius 2 is 1.83 bits per heavy atom. The van der Waals surface area contributed by atoms with Gasteiger partial charge < -0.3 is 14.6 Å². The Hall–Kier alpha value is -3.06. The van der Waals surface area contributed by atoms with Gasteiger partial charge in [0.1, 0.15) is 11.8 Å². The summed E-state index contributed by atoms with van der Waals surface area (Å²) in [7, 11) is 0. The fraction of sp³-hybridized carbons (Fsp3) is 0.158. The summed E-state index contributed by atoms with van der Waals surface area (Å²) >= 11 is 0. The van der Waals surface area contributed by atoms with E-state index in [1.165, 1.54) is 11.6 Å². The van der Waals surface area contributed by atoms with Crippen LogP contribution in [-0.2, 0) is 11.2 Å². The Balaban J connectivity index is 1.83. The van der Waals surface area contributed by atoms with E-state index >= 15 is 0 Å². The van der Waals surface area contributed by atoms with Crippen molar-refractivity contribution >= 4 is 12.0 Å². The minimum Gasteiger partial charge on any atom is -0.544 e. The summed E-state index contributed by atoms with van der Waals surface area (Å²) in [6.07, 6.45) is 3.14. The highest BCUT2D eigenvalue weighted by atomic mass is 16.5. The standard InChI is InChI=1S/C19H17NO3/c20-14-17(19(21)22)13-16-8-10-18(11-9-16)23-12-4-7-15-5-2-1-3-6-15/h1-3,5-6,8-11,13H,4,7,12H2,(H,21,22)/p-1/b17-13+. The SMILES string of the molecule is N#C/C(=C\c1ccc(OCCCc2ccccc2)cc1)C(=O)[O-]. The smallest absolute Gasteiger partial charge is 0.119 e. The van der Waals surface area contributed by atoms with Crippen molar-refractivity contribution in [3.05, 3.63) is 71.3 Å². The van der Waals surface area contributed by atoms with E-state index in [1.54, 1.807) is 30.3 Å². The number of nitriles is 1. The fourth-order valence-electron chi connectivity index (χ4n) is 2.07. The van der Waals surface area contributed by atoms with E-state index in [-0.39, 0.29) is 0 Å². The molecule has 0 aliphatic heterocycles. The molecular formula is C19H16NO3-. The fourth-order valence-corrected chi connectivity index (χ4v) is 2.07. The van der Waals surface area contributed by atoms with Gasteiger partial charge in [0.25, 0.3) is 0 Å². The first-order chi connectivity index (χ1) is 11.2. The maximum atomic E-state index is 10.7. The van der Waals surface area contributed by atoms with Crippen molar-refractivity contribution in [3.8, 4) is 11.8 Å². The minimum atomic E-state index is -1.48. The second-order valence-corrected chi connectivity index (χ2v) is 4.96. The van der Waals surface area contributed by atoms with Crippen molar-refractivity contribution in [1.82, 2.24) is 0 Å². The van der Waals surface area contributed by atoms with Crippen LogP contribution >= 0.6 is 0 Å². The van der Waals surface area contributed by atoms with Gasteiger partial charge in [0.05, 0.1) is 18.1 Å². The molecule has 0 aliphatic carbocycles. The van der Waals surface area contributed by atoms with Gasteiger partial charge in [0.15, 0.2) is 0 Å². The number of aliphatic carboxylic acids is 1. The van der Waals surface area contributed by atoms with Gasteiger partial charge in [-0.25, -0.2) is 0 Å². The van der Waals surface area contributed by atoms with Crippen molar-refractivity contribution in [1.29, 1.82) is 5.26 Å². The van der Waals surface area contributed by atoms with Crippen molar-refractivity contribution in [2.24, 2.45) is 0 Å². The van der Waals surface area contributed by atoms with Crippen LogP contribution in [0.2, 0.25) is 0 Å². The molecule has 2 rings (SSSR count). The van der Waals surface area contributed by atoms with E-state index in [1.807, 2.05) is 18.2 Å². The molecule has 0 unspecified atom stereocenters. The quantitative estimate of drug-likeness (QED) is 0.447. The predicted octanol–water partition coefficient (Wildman–Crippen LogP) is 2.36. The molecule has 0 saturated carbocycles. The predicted molar refractivity (Wildman–Crippen MR) is 85.3 cm³/mol. The van der Waals surface area contributed by atoms with Gasteiger partial charge in [-0.2, -0.15) is 5.26 Å². The highest BCUT2D eigenvalue weighted by molar-refractivity contribution is 5.95. The van der Waals surface area contributed by atoms with E-state index in [9.17, 15) is 9.90 Å². The molecule has 116 valence electrons. The molecule has 0 amide bonds. The van der Waals surface area contributed by atoms with Crippen molar-refractivity contribution in [3.63, 3.8) is 0 Å². The Labute approximate surface area is 135 Å². The molecule has 0 heterocycles. The van der Waals surface area contributed by atoms with E-state index < -0.39 is 11.5 Å². The topological polar surface area (TPSA) is 73.1 Å². The molecule has 0 spiro atoms. The number of benzene rings is 2. The molecule has 0 aliphatic rings. The van der Waals surface area contributed by atoms with Crippen LogP contribution in [0.5, 0.6) is 5.75 Å². The van der Waals surface area contributed by atoms with Crippen LogP contribution in [0.25, 0.3) is 6.08 Å². The third-order valence-electron chi connectivity index (χ3n) is 3.25. The van der Waals surface area contributed by atoms with Gasteiger partial charge in [-0.1, -0.05) is 42.5 Å². The number of hydrogen-bond donors (Lipinski definition) is 0. The Kier molecular flexibility index (Phi) is 5.96. The monoisotopic (exact) mass is 306 g/mol.